The van der Waals surface area contributed by atoms with Crippen LogP contribution in [-0.4, -0.2) is 41.3 Å². The van der Waals surface area contributed by atoms with Gasteiger partial charge < -0.3 is 0 Å². The second-order valence-corrected chi connectivity index (χ2v) is 6.82. The van der Waals surface area contributed by atoms with Gasteiger partial charge in [-0.1, -0.05) is 25.5 Å². The van der Waals surface area contributed by atoms with Crippen molar-refractivity contribution >= 4 is 26.0 Å². The third-order valence-electron chi connectivity index (χ3n) is 2.66. The summed E-state index contributed by atoms with van der Waals surface area (Å²) >= 11 is 3.10. The van der Waals surface area contributed by atoms with Gasteiger partial charge in [0, 0.05) is 20.6 Å². The summed E-state index contributed by atoms with van der Waals surface area (Å²) < 4.78 is 27.4. The zero-order valence-electron chi connectivity index (χ0n) is 10.4. The zero-order chi connectivity index (χ0) is 13.2. The molecule has 1 aromatic heterocycles. The highest BCUT2D eigenvalue weighted by Gasteiger charge is 2.28. The summed E-state index contributed by atoms with van der Waals surface area (Å²) in [6.45, 7) is 4.53. The Morgan fingerprint density at radius 2 is 2.12 bits per heavy atom. The first-order valence-electron chi connectivity index (χ1n) is 5.32. The fraction of sp³-hybridized carbons (Fsp3) is 0.778. The predicted octanol–water partition coefficient (Wildman–Crippen LogP) is 1.24. The van der Waals surface area contributed by atoms with Crippen LogP contribution in [0.1, 0.15) is 20.3 Å². The van der Waals surface area contributed by atoms with E-state index in [1.54, 1.807) is 14.1 Å². The monoisotopic (exact) mass is 324 g/mol. The maximum Gasteiger partial charge on any atom is 0.262 e. The normalized spacial score (nSPS) is 14.2. The molecule has 1 aromatic rings. The van der Waals surface area contributed by atoms with Crippen LogP contribution >= 0.6 is 15.9 Å². The van der Waals surface area contributed by atoms with E-state index in [0.717, 1.165) is 6.42 Å². The van der Waals surface area contributed by atoms with Crippen molar-refractivity contribution in [3.8, 4) is 0 Å². The van der Waals surface area contributed by atoms with Crippen molar-refractivity contribution in [3.05, 3.63) is 4.60 Å². The molecular formula is C9H17BrN4O2S. The second kappa shape index (κ2) is 5.45. The second-order valence-electron chi connectivity index (χ2n) is 4.11. The Hall–Kier alpha value is -0.470. The number of nitrogens with zero attached hydrogens (tertiary/aromatic N) is 4. The van der Waals surface area contributed by atoms with Crippen LogP contribution < -0.4 is 0 Å². The van der Waals surface area contributed by atoms with Crippen molar-refractivity contribution in [2.24, 2.45) is 13.0 Å². The summed E-state index contributed by atoms with van der Waals surface area (Å²) in [7, 11) is -0.410. The van der Waals surface area contributed by atoms with Gasteiger partial charge in [-0.05, 0) is 21.8 Å². The molecule has 0 spiro atoms. The summed E-state index contributed by atoms with van der Waals surface area (Å²) in [5.41, 5.74) is 0. The van der Waals surface area contributed by atoms with Gasteiger partial charge in [0.2, 0.25) is 5.03 Å². The van der Waals surface area contributed by atoms with E-state index in [0.29, 0.717) is 12.5 Å². The van der Waals surface area contributed by atoms with Crippen LogP contribution in [-0.2, 0) is 17.1 Å². The largest absolute Gasteiger partial charge is 0.262 e. The summed E-state index contributed by atoms with van der Waals surface area (Å²) in [4.78, 5) is 0. The van der Waals surface area contributed by atoms with Crippen LogP contribution in [0.5, 0.6) is 0 Å². The number of hydrogen-bond acceptors (Lipinski definition) is 4. The van der Waals surface area contributed by atoms with Gasteiger partial charge in [-0.2, -0.15) is 4.31 Å². The van der Waals surface area contributed by atoms with Gasteiger partial charge in [0.1, 0.15) is 0 Å². The Bertz CT molecular complexity index is 466. The molecule has 98 valence electrons. The average molecular weight is 325 g/mol. The van der Waals surface area contributed by atoms with Crippen molar-refractivity contribution in [1.29, 1.82) is 0 Å². The molecule has 0 N–H and O–H groups in total. The third kappa shape index (κ3) is 3.05. The maximum atomic E-state index is 12.3. The third-order valence-corrected chi connectivity index (χ3v) is 5.37. The van der Waals surface area contributed by atoms with E-state index in [1.807, 2.05) is 13.8 Å². The van der Waals surface area contributed by atoms with Gasteiger partial charge in [-0.25, -0.2) is 13.1 Å². The highest BCUT2D eigenvalue weighted by molar-refractivity contribution is 9.10. The van der Waals surface area contributed by atoms with Gasteiger partial charge in [0.15, 0.2) is 4.60 Å². The van der Waals surface area contributed by atoms with Crippen LogP contribution in [0.15, 0.2) is 9.63 Å². The smallest absolute Gasteiger partial charge is 0.235 e. The van der Waals surface area contributed by atoms with Crippen molar-refractivity contribution < 1.29 is 8.42 Å². The fourth-order valence-electron chi connectivity index (χ4n) is 1.41. The number of halogens is 1. The maximum absolute atomic E-state index is 12.3. The number of sulfonamides is 1. The standard InChI is InChI=1S/C9H17BrN4O2S/c1-5-7(2)6-13(3)17(15,16)9-8(10)11-12-14(9)4/h7H,5-6H2,1-4H3. The minimum atomic E-state index is -3.54. The zero-order valence-corrected chi connectivity index (χ0v) is 12.8. The molecule has 1 unspecified atom stereocenters. The number of aryl methyl sites for hydroxylation is 1. The minimum Gasteiger partial charge on any atom is -0.235 e. The SMILES string of the molecule is CCC(C)CN(C)S(=O)(=O)c1c(Br)nnn1C. The van der Waals surface area contributed by atoms with E-state index in [2.05, 4.69) is 26.2 Å². The first kappa shape index (κ1) is 14.6. The molecule has 0 saturated heterocycles. The molecule has 0 saturated carbocycles. The topological polar surface area (TPSA) is 68.1 Å². The van der Waals surface area contributed by atoms with Gasteiger partial charge in [-0.15, -0.1) is 5.10 Å². The molecule has 1 rings (SSSR count). The Labute approximate surface area is 110 Å². The minimum absolute atomic E-state index is 0.0864. The molecule has 0 radical (unpaired) electrons. The van der Waals surface area contributed by atoms with Crippen molar-refractivity contribution in [2.45, 2.75) is 25.3 Å². The fourth-order valence-corrected chi connectivity index (χ4v) is 3.72. The number of aromatic nitrogens is 3. The van der Waals surface area contributed by atoms with Gasteiger partial charge in [0.05, 0.1) is 0 Å². The Morgan fingerprint density at radius 3 is 2.53 bits per heavy atom. The Balaban J connectivity index is 3.04. The van der Waals surface area contributed by atoms with Crippen molar-refractivity contribution in [3.63, 3.8) is 0 Å². The summed E-state index contributed by atoms with van der Waals surface area (Å²) in [5, 5.41) is 7.45. The average Bonchev–Trinajstić information content (AvgIpc) is 2.58. The van der Waals surface area contributed by atoms with E-state index in [4.69, 9.17) is 0 Å². The number of rotatable bonds is 5. The van der Waals surface area contributed by atoms with E-state index in [9.17, 15) is 8.42 Å². The van der Waals surface area contributed by atoms with Crippen LogP contribution in [0.25, 0.3) is 0 Å². The van der Waals surface area contributed by atoms with Crippen LogP contribution in [0.2, 0.25) is 0 Å². The molecule has 17 heavy (non-hydrogen) atoms. The van der Waals surface area contributed by atoms with Crippen molar-refractivity contribution in [2.75, 3.05) is 13.6 Å². The molecule has 1 heterocycles. The molecule has 0 bridgehead atoms. The Kier molecular flexibility index (Phi) is 4.68. The van der Waals surface area contributed by atoms with E-state index in [1.165, 1.54) is 8.99 Å². The van der Waals surface area contributed by atoms with Crippen LogP contribution in [0.4, 0.5) is 0 Å². The first-order chi connectivity index (χ1) is 7.80. The summed E-state index contributed by atoms with van der Waals surface area (Å²) in [5.74, 6) is 0.315. The van der Waals surface area contributed by atoms with Crippen LogP contribution in [0.3, 0.4) is 0 Å². The molecule has 0 aliphatic heterocycles. The molecule has 0 fully saturated rings. The molecular weight excluding hydrogens is 308 g/mol. The van der Waals surface area contributed by atoms with Crippen molar-refractivity contribution in [1.82, 2.24) is 19.3 Å². The highest BCUT2D eigenvalue weighted by atomic mass is 79.9. The molecule has 6 nitrogen and oxygen atoms in total. The van der Waals surface area contributed by atoms with Gasteiger partial charge in [0.25, 0.3) is 10.0 Å². The highest BCUT2D eigenvalue weighted by Crippen LogP contribution is 2.22. The lowest BCUT2D eigenvalue weighted by molar-refractivity contribution is 0.389. The van der Waals surface area contributed by atoms with Crippen LogP contribution in [0, 0.1) is 5.92 Å². The molecule has 0 aromatic carbocycles. The van der Waals surface area contributed by atoms with Gasteiger partial charge >= 0.3 is 0 Å². The predicted molar refractivity (Wildman–Crippen MR) is 68.0 cm³/mol. The van der Waals surface area contributed by atoms with E-state index < -0.39 is 10.0 Å². The molecule has 8 heteroatoms. The Morgan fingerprint density at radius 1 is 1.53 bits per heavy atom. The quantitative estimate of drug-likeness (QED) is 0.817. The summed E-state index contributed by atoms with van der Waals surface area (Å²) in [6.07, 6.45) is 0.935. The molecule has 0 amide bonds. The molecule has 0 aliphatic rings. The first-order valence-corrected chi connectivity index (χ1v) is 7.55. The lowest BCUT2D eigenvalue weighted by Gasteiger charge is -2.20. The molecule has 0 aliphatic carbocycles. The summed E-state index contributed by atoms with van der Waals surface area (Å²) in [6, 6.07) is 0. The lowest BCUT2D eigenvalue weighted by Crippen LogP contribution is -2.32. The number of hydrogen-bond donors (Lipinski definition) is 0. The van der Waals surface area contributed by atoms with E-state index >= 15 is 0 Å². The van der Waals surface area contributed by atoms with E-state index in [-0.39, 0.29) is 9.63 Å². The lowest BCUT2D eigenvalue weighted by atomic mass is 10.1. The molecule has 1 atom stereocenters. The van der Waals surface area contributed by atoms with Gasteiger partial charge in [-0.3, -0.25) is 0 Å².